The van der Waals surface area contributed by atoms with Gasteiger partial charge in [-0.2, -0.15) is 4.31 Å². The van der Waals surface area contributed by atoms with Gasteiger partial charge < -0.3 is 9.64 Å². The molecule has 1 aliphatic heterocycles. The van der Waals surface area contributed by atoms with Crippen molar-refractivity contribution in [1.29, 1.82) is 0 Å². The first-order valence-corrected chi connectivity index (χ1v) is 12.0. The molecule has 0 radical (unpaired) electrons. The van der Waals surface area contributed by atoms with E-state index >= 15 is 0 Å². The summed E-state index contributed by atoms with van der Waals surface area (Å²) in [4.78, 5) is 11.4. The number of methoxy groups -OCH3 is 1. The Labute approximate surface area is 189 Å². The minimum atomic E-state index is -3.54. The Morgan fingerprint density at radius 2 is 1.50 bits per heavy atom. The Morgan fingerprint density at radius 1 is 0.875 bits per heavy atom. The Bertz CT molecular complexity index is 1200. The van der Waals surface area contributed by atoms with Crippen molar-refractivity contribution in [3.63, 3.8) is 0 Å². The van der Waals surface area contributed by atoms with E-state index in [9.17, 15) is 8.42 Å². The lowest BCUT2D eigenvalue weighted by Gasteiger charge is -2.35. The lowest BCUT2D eigenvalue weighted by Crippen LogP contribution is -2.49. The minimum absolute atomic E-state index is 0.414. The van der Waals surface area contributed by atoms with Gasteiger partial charge in [0.05, 0.1) is 17.7 Å². The average molecular weight is 453 g/mol. The summed E-state index contributed by atoms with van der Waals surface area (Å²) in [6.45, 7) is 7.69. The zero-order valence-corrected chi connectivity index (χ0v) is 19.7. The monoisotopic (exact) mass is 452 g/mol. The molecule has 1 aromatic heterocycles. The second kappa shape index (κ2) is 8.88. The van der Waals surface area contributed by atoms with E-state index in [0.717, 1.165) is 39.5 Å². The van der Waals surface area contributed by atoms with E-state index < -0.39 is 10.0 Å². The summed E-state index contributed by atoms with van der Waals surface area (Å²) in [6, 6.07) is 13.5. The Hall–Kier alpha value is -2.97. The molecule has 0 bridgehead atoms. The first kappa shape index (κ1) is 22.2. The van der Waals surface area contributed by atoms with Crippen molar-refractivity contribution in [2.24, 2.45) is 0 Å². The summed E-state index contributed by atoms with van der Waals surface area (Å²) in [5, 5.41) is 0. The number of benzene rings is 2. The molecule has 0 unspecified atom stereocenters. The van der Waals surface area contributed by atoms with Gasteiger partial charge in [0.15, 0.2) is 0 Å². The third-order valence-corrected chi connectivity index (χ3v) is 8.01. The van der Waals surface area contributed by atoms with Crippen molar-refractivity contribution in [3.05, 3.63) is 65.5 Å². The number of hydrogen-bond donors (Lipinski definition) is 0. The molecule has 168 valence electrons. The maximum atomic E-state index is 13.3. The summed E-state index contributed by atoms with van der Waals surface area (Å²) in [7, 11) is -1.90. The second-order valence-electron chi connectivity index (χ2n) is 8.11. The lowest BCUT2D eigenvalue weighted by atomic mass is 10.1. The van der Waals surface area contributed by atoms with Crippen molar-refractivity contribution < 1.29 is 13.2 Å². The molecule has 0 atom stereocenters. The van der Waals surface area contributed by atoms with Crippen LogP contribution in [0.1, 0.15) is 16.7 Å². The second-order valence-corrected chi connectivity index (χ2v) is 9.98. The fourth-order valence-corrected chi connectivity index (χ4v) is 6.13. The van der Waals surface area contributed by atoms with E-state index in [0.29, 0.717) is 31.1 Å². The number of ether oxygens (including phenoxy) is 1. The molecule has 0 spiro atoms. The van der Waals surface area contributed by atoms with Crippen LogP contribution in [0.15, 0.2) is 53.7 Å². The number of nitrogens with zero attached hydrogens (tertiary/aromatic N) is 4. The molecule has 8 heteroatoms. The van der Waals surface area contributed by atoms with Gasteiger partial charge in [-0.05, 0) is 56.2 Å². The highest BCUT2D eigenvalue weighted by atomic mass is 32.2. The van der Waals surface area contributed by atoms with Gasteiger partial charge in [0.25, 0.3) is 0 Å². The number of anilines is 1. The van der Waals surface area contributed by atoms with Crippen LogP contribution in [-0.4, -0.2) is 56.0 Å². The Morgan fingerprint density at radius 3 is 2.09 bits per heavy atom. The van der Waals surface area contributed by atoms with E-state index in [2.05, 4.69) is 14.9 Å². The maximum Gasteiger partial charge on any atom is 0.243 e. The van der Waals surface area contributed by atoms with Crippen molar-refractivity contribution >= 4 is 15.8 Å². The van der Waals surface area contributed by atoms with Crippen molar-refractivity contribution in [2.45, 2.75) is 25.7 Å². The van der Waals surface area contributed by atoms with Crippen LogP contribution < -0.4 is 9.64 Å². The highest BCUT2D eigenvalue weighted by molar-refractivity contribution is 7.89. The van der Waals surface area contributed by atoms with Crippen LogP contribution in [0.3, 0.4) is 0 Å². The van der Waals surface area contributed by atoms with Gasteiger partial charge in [0, 0.05) is 37.8 Å². The fourth-order valence-electron chi connectivity index (χ4n) is 4.30. The van der Waals surface area contributed by atoms with Gasteiger partial charge in [-0.15, -0.1) is 0 Å². The van der Waals surface area contributed by atoms with E-state index in [1.807, 2.05) is 63.2 Å². The maximum absolute atomic E-state index is 13.3. The van der Waals surface area contributed by atoms with E-state index in [1.165, 1.54) is 0 Å². The molecule has 4 rings (SSSR count). The molecule has 0 amide bonds. The van der Waals surface area contributed by atoms with Crippen LogP contribution in [0.2, 0.25) is 0 Å². The zero-order valence-electron chi connectivity index (χ0n) is 18.9. The highest BCUT2D eigenvalue weighted by Crippen LogP contribution is 2.28. The highest BCUT2D eigenvalue weighted by Gasteiger charge is 2.31. The van der Waals surface area contributed by atoms with Gasteiger partial charge in [0.1, 0.15) is 17.9 Å². The topological polar surface area (TPSA) is 75.6 Å². The zero-order chi connectivity index (χ0) is 22.9. The molecule has 0 aliphatic carbocycles. The normalized spacial score (nSPS) is 15.1. The molecule has 3 aromatic rings. The van der Waals surface area contributed by atoms with Crippen LogP contribution in [0.5, 0.6) is 5.75 Å². The van der Waals surface area contributed by atoms with Gasteiger partial charge in [-0.1, -0.05) is 17.7 Å². The van der Waals surface area contributed by atoms with Crippen LogP contribution >= 0.6 is 0 Å². The number of rotatable bonds is 5. The summed E-state index contributed by atoms with van der Waals surface area (Å²) in [5.41, 5.74) is 4.45. The Balaban J connectivity index is 1.50. The number of sulfonamides is 1. The molecule has 32 heavy (non-hydrogen) atoms. The first-order valence-electron chi connectivity index (χ1n) is 10.6. The van der Waals surface area contributed by atoms with Crippen molar-refractivity contribution in [2.75, 3.05) is 38.2 Å². The number of piperazine rings is 1. The smallest absolute Gasteiger partial charge is 0.243 e. The van der Waals surface area contributed by atoms with Crippen LogP contribution in [-0.2, 0) is 10.0 Å². The Kier molecular flexibility index (Phi) is 6.17. The molecule has 1 aliphatic rings. The molecule has 2 heterocycles. The lowest BCUT2D eigenvalue weighted by molar-refractivity contribution is 0.383. The molecule has 2 aromatic carbocycles. The molecular formula is C24H28N4O3S. The van der Waals surface area contributed by atoms with Gasteiger partial charge >= 0.3 is 0 Å². The molecule has 0 N–H and O–H groups in total. The van der Waals surface area contributed by atoms with E-state index in [4.69, 9.17) is 4.74 Å². The summed E-state index contributed by atoms with van der Waals surface area (Å²) in [5.74, 6) is 1.59. The average Bonchev–Trinajstić information content (AvgIpc) is 2.78. The van der Waals surface area contributed by atoms with Crippen LogP contribution in [0.25, 0.3) is 11.3 Å². The van der Waals surface area contributed by atoms with Crippen LogP contribution in [0.4, 0.5) is 5.82 Å². The minimum Gasteiger partial charge on any atom is -0.497 e. The SMILES string of the molecule is COc1ccc(-c2cc(N3CCN(S(=O)(=O)c4c(C)cc(C)cc4C)CC3)ncn2)cc1. The van der Waals surface area contributed by atoms with E-state index in [1.54, 1.807) is 17.7 Å². The van der Waals surface area contributed by atoms with E-state index in [-0.39, 0.29) is 0 Å². The van der Waals surface area contributed by atoms with Gasteiger partial charge in [-0.25, -0.2) is 18.4 Å². The third-order valence-electron chi connectivity index (χ3n) is 5.80. The fraction of sp³-hybridized carbons (Fsp3) is 0.333. The third kappa shape index (κ3) is 4.33. The summed E-state index contributed by atoms with van der Waals surface area (Å²) < 4.78 is 33.5. The molecule has 0 saturated carbocycles. The van der Waals surface area contributed by atoms with Gasteiger partial charge in [0.2, 0.25) is 10.0 Å². The van der Waals surface area contributed by atoms with Crippen molar-refractivity contribution in [1.82, 2.24) is 14.3 Å². The number of aromatic nitrogens is 2. The molecular weight excluding hydrogens is 424 g/mol. The first-order chi connectivity index (χ1) is 15.3. The molecule has 7 nitrogen and oxygen atoms in total. The predicted molar refractivity (Wildman–Crippen MR) is 126 cm³/mol. The standard InChI is InChI=1S/C24H28N4O3S/c1-17-13-18(2)24(19(3)14-17)32(29,30)28-11-9-27(10-12-28)23-15-22(25-16-26-23)20-5-7-21(31-4)8-6-20/h5-8,13-16H,9-12H2,1-4H3. The van der Waals surface area contributed by atoms with Crippen molar-refractivity contribution in [3.8, 4) is 17.0 Å². The molecule has 1 saturated heterocycles. The molecule has 1 fully saturated rings. The van der Waals surface area contributed by atoms with Gasteiger partial charge in [-0.3, -0.25) is 0 Å². The summed E-state index contributed by atoms with van der Waals surface area (Å²) in [6.07, 6.45) is 1.55. The number of aryl methyl sites for hydroxylation is 3. The quantitative estimate of drug-likeness (QED) is 0.589. The largest absolute Gasteiger partial charge is 0.497 e. The number of hydrogen-bond acceptors (Lipinski definition) is 6. The predicted octanol–water partition coefficient (Wildman–Crippen LogP) is 3.59. The summed E-state index contributed by atoms with van der Waals surface area (Å²) >= 11 is 0. The van der Waals surface area contributed by atoms with Crippen LogP contribution in [0, 0.1) is 20.8 Å².